The third kappa shape index (κ3) is 4.97. The van der Waals surface area contributed by atoms with Gasteiger partial charge in [0.15, 0.2) is 5.78 Å². The number of ketones is 1. The van der Waals surface area contributed by atoms with Gasteiger partial charge < -0.3 is 14.7 Å². The third-order valence-electron chi connectivity index (χ3n) is 6.42. The molecule has 0 radical (unpaired) electrons. The van der Waals surface area contributed by atoms with Gasteiger partial charge in [0.1, 0.15) is 0 Å². The molecule has 1 heterocycles. The van der Waals surface area contributed by atoms with Crippen LogP contribution in [0.1, 0.15) is 46.5 Å². The number of anilines is 1. The van der Waals surface area contributed by atoms with Crippen molar-refractivity contribution in [3.63, 3.8) is 0 Å². The van der Waals surface area contributed by atoms with Crippen molar-refractivity contribution in [2.24, 2.45) is 0 Å². The SMILES string of the molecule is CCN(C)C(CC)(Cc1ccc(C(=O)O)cc1)C(=O)c1ccc(N2CCOCC2)cc1. The van der Waals surface area contributed by atoms with E-state index < -0.39 is 11.5 Å². The van der Waals surface area contributed by atoms with E-state index in [1.807, 2.05) is 57.3 Å². The van der Waals surface area contributed by atoms with Gasteiger partial charge in [-0.1, -0.05) is 26.0 Å². The highest BCUT2D eigenvalue weighted by atomic mass is 16.5. The number of rotatable bonds is 9. The first kappa shape index (κ1) is 23.0. The summed E-state index contributed by atoms with van der Waals surface area (Å²) < 4.78 is 5.42. The van der Waals surface area contributed by atoms with Crippen molar-refractivity contribution in [2.75, 3.05) is 44.8 Å². The number of carbonyl (C=O) groups excluding carboxylic acids is 1. The molecular formula is C25H32N2O4. The molecule has 6 heteroatoms. The fraction of sp³-hybridized carbons (Fsp3) is 0.440. The zero-order valence-corrected chi connectivity index (χ0v) is 18.6. The van der Waals surface area contributed by atoms with Gasteiger partial charge in [0.05, 0.1) is 24.3 Å². The van der Waals surface area contributed by atoms with Crippen molar-refractivity contribution < 1.29 is 19.4 Å². The Balaban J connectivity index is 1.88. The number of nitrogens with zero attached hydrogens (tertiary/aromatic N) is 2. The predicted molar refractivity (Wildman–Crippen MR) is 122 cm³/mol. The molecule has 2 aromatic rings. The lowest BCUT2D eigenvalue weighted by atomic mass is 9.79. The van der Waals surface area contributed by atoms with Gasteiger partial charge in [-0.25, -0.2) is 4.79 Å². The smallest absolute Gasteiger partial charge is 0.335 e. The molecule has 3 rings (SSSR count). The molecule has 0 aromatic heterocycles. The molecule has 1 aliphatic rings. The average Bonchev–Trinajstić information content (AvgIpc) is 2.82. The van der Waals surface area contributed by atoms with E-state index in [1.165, 1.54) is 0 Å². The molecule has 0 spiro atoms. The minimum absolute atomic E-state index is 0.0928. The summed E-state index contributed by atoms with van der Waals surface area (Å²) in [6.45, 7) is 7.99. The molecule has 166 valence electrons. The van der Waals surface area contributed by atoms with Crippen molar-refractivity contribution in [1.29, 1.82) is 0 Å². The van der Waals surface area contributed by atoms with Crippen molar-refractivity contribution in [3.05, 3.63) is 65.2 Å². The van der Waals surface area contributed by atoms with E-state index in [1.54, 1.807) is 12.1 Å². The molecule has 0 aliphatic carbocycles. The van der Waals surface area contributed by atoms with Gasteiger partial charge in [-0.3, -0.25) is 9.69 Å². The molecule has 1 aliphatic heterocycles. The van der Waals surface area contributed by atoms with Crippen LogP contribution in [0.2, 0.25) is 0 Å². The summed E-state index contributed by atoms with van der Waals surface area (Å²) in [4.78, 5) is 29.3. The molecule has 0 saturated carbocycles. The van der Waals surface area contributed by atoms with Gasteiger partial charge in [0.25, 0.3) is 0 Å². The van der Waals surface area contributed by atoms with Crippen LogP contribution in [0.5, 0.6) is 0 Å². The Hall–Kier alpha value is -2.70. The fourth-order valence-corrected chi connectivity index (χ4v) is 4.26. The number of hydrogen-bond acceptors (Lipinski definition) is 5. The van der Waals surface area contributed by atoms with E-state index >= 15 is 0 Å². The summed E-state index contributed by atoms with van der Waals surface area (Å²) in [6, 6.07) is 14.7. The molecule has 31 heavy (non-hydrogen) atoms. The lowest BCUT2D eigenvalue weighted by molar-refractivity contribution is 0.0614. The highest BCUT2D eigenvalue weighted by molar-refractivity contribution is 6.03. The summed E-state index contributed by atoms with van der Waals surface area (Å²) >= 11 is 0. The molecule has 1 fully saturated rings. The van der Waals surface area contributed by atoms with Gasteiger partial charge in [-0.2, -0.15) is 0 Å². The lowest BCUT2D eigenvalue weighted by Gasteiger charge is -2.40. The van der Waals surface area contributed by atoms with Gasteiger partial charge in [0, 0.05) is 24.3 Å². The second-order valence-corrected chi connectivity index (χ2v) is 8.05. The number of benzene rings is 2. The number of carboxylic acids is 1. The number of aromatic carboxylic acids is 1. The van der Waals surface area contributed by atoms with E-state index in [-0.39, 0.29) is 11.3 Å². The highest BCUT2D eigenvalue weighted by Crippen LogP contribution is 2.30. The first-order valence-electron chi connectivity index (χ1n) is 10.9. The summed E-state index contributed by atoms with van der Waals surface area (Å²) in [7, 11) is 1.98. The first-order valence-corrected chi connectivity index (χ1v) is 10.9. The van der Waals surface area contributed by atoms with Crippen LogP contribution in [-0.2, 0) is 11.2 Å². The lowest BCUT2D eigenvalue weighted by Crippen LogP contribution is -2.54. The maximum Gasteiger partial charge on any atom is 0.335 e. The summed E-state index contributed by atoms with van der Waals surface area (Å²) in [6.07, 6.45) is 1.18. The summed E-state index contributed by atoms with van der Waals surface area (Å²) in [5.74, 6) is -0.856. The minimum Gasteiger partial charge on any atom is -0.478 e. The van der Waals surface area contributed by atoms with Crippen LogP contribution in [0, 0.1) is 0 Å². The highest BCUT2D eigenvalue weighted by Gasteiger charge is 2.40. The van der Waals surface area contributed by atoms with E-state index in [4.69, 9.17) is 9.84 Å². The minimum atomic E-state index is -0.949. The van der Waals surface area contributed by atoms with E-state index in [0.717, 1.165) is 44.1 Å². The number of Topliss-reactive ketones (excluding diaryl/α,β-unsaturated/α-hetero) is 1. The molecule has 6 nitrogen and oxygen atoms in total. The zero-order chi connectivity index (χ0) is 22.4. The number of morpholine rings is 1. The molecule has 1 saturated heterocycles. The van der Waals surface area contributed by atoms with Gasteiger partial charge in [-0.15, -0.1) is 0 Å². The zero-order valence-electron chi connectivity index (χ0n) is 18.6. The number of likely N-dealkylation sites (N-methyl/N-ethyl adjacent to an activating group) is 1. The van der Waals surface area contributed by atoms with E-state index in [9.17, 15) is 9.59 Å². The number of ether oxygens (including phenoxy) is 1. The van der Waals surface area contributed by atoms with Crippen LogP contribution in [0.3, 0.4) is 0 Å². The Labute approximate surface area is 184 Å². The number of hydrogen-bond donors (Lipinski definition) is 1. The summed E-state index contributed by atoms with van der Waals surface area (Å²) in [5.41, 5.74) is 2.31. The van der Waals surface area contributed by atoms with Crippen molar-refractivity contribution in [1.82, 2.24) is 4.90 Å². The van der Waals surface area contributed by atoms with Crippen molar-refractivity contribution in [2.45, 2.75) is 32.2 Å². The van der Waals surface area contributed by atoms with Crippen molar-refractivity contribution >= 4 is 17.4 Å². The van der Waals surface area contributed by atoms with Gasteiger partial charge >= 0.3 is 5.97 Å². The largest absolute Gasteiger partial charge is 0.478 e. The standard InChI is InChI=1S/C25H32N2O4/c1-4-25(26(3)5-2,18-19-6-8-21(9-7-19)24(29)30)23(28)20-10-12-22(13-11-20)27-14-16-31-17-15-27/h6-13H,4-5,14-18H2,1-3H3,(H,29,30). The molecule has 1 atom stereocenters. The maximum absolute atomic E-state index is 13.8. The number of carboxylic acid groups (broad SMARTS) is 1. The Kier molecular flexibility index (Phi) is 7.46. The molecule has 0 amide bonds. The Bertz CT molecular complexity index is 889. The molecule has 2 aromatic carbocycles. The Morgan fingerprint density at radius 3 is 2.10 bits per heavy atom. The van der Waals surface area contributed by atoms with Crippen LogP contribution >= 0.6 is 0 Å². The first-order chi connectivity index (χ1) is 14.9. The number of carbonyl (C=O) groups is 2. The molecule has 1 N–H and O–H groups in total. The van der Waals surface area contributed by atoms with Crippen LogP contribution in [0.15, 0.2) is 48.5 Å². The average molecular weight is 425 g/mol. The predicted octanol–water partition coefficient (Wildman–Crippen LogP) is 3.75. The van der Waals surface area contributed by atoms with Gasteiger partial charge in [0.2, 0.25) is 0 Å². The normalized spacial score (nSPS) is 16.2. The monoisotopic (exact) mass is 424 g/mol. The van der Waals surface area contributed by atoms with Crippen LogP contribution in [0.25, 0.3) is 0 Å². The third-order valence-corrected chi connectivity index (χ3v) is 6.42. The Morgan fingerprint density at radius 2 is 1.58 bits per heavy atom. The maximum atomic E-state index is 13.8. The van der Waals surface area contributed by atoms with Crippen LogP contribution < -0.4 is 4.90 Å². The van der Waals surface area contributed by atoms with Crippen LogP contribution in [-0.4, -0.2) is 67.2 Å². The second-order valence-electron chi connectivity index (χ2n) is 8.05. The quantitative estimate of drug-likeness (QED) is 0.619. The molecule has 0 bridgehead atoms. The fourth-order valence-electron chi connectivity index (χ4n) is 4.26. The van der Waals surface area contributed by atoms with E-state index in [0.29, 0.717) is 18.4 Å². The topological polar surface area (TPSA) is 70.1 Å². The molecule has 1 unspecified atom stereocenters. The summed E-state index contributed by atoms with van der Waals surface area (Å²) in [5, 5.41) is 9.16. The Morgan fingerprint density at radius 1 is 1.00 bits per heavy atom. The molecular weight excluding hydrogens is 392 g/mol. The van der Waals surface area contributed by atoms with E-state index in [2.05, 4.69) is 9.80 Å². The second kappa shape index (κ2) is 10.1. The van der Waals surface area contributed by atoms with Crippen LogP contribution in [0.4, 0.5) is 5.69 Å². The van der Waals surface area contributed by atoms with Gasteiger partial charge in [-0.05, 0) is 68.4 Å². The van der Waals surface area contributed by atoms with Crippen molar-refractivity contribution in [3.8, 4) is 0 Å².